The molecule has 5 nitrogen and oxygen atoms in total. The Kier molecular flexibility index (Phi) is 6.63. The van der Waals surface area contributed by atoms with Gasteiger partial charge in [-0.3, -0.25) is 9.59 Å². The van der Waals surface area contributed by atoms with E-state index in [-0.39, 0.29) is 29.7 Å². The molecule has 0 saturated heterocycles. The summed E-state index contributed by atoms with van der Waals surface area (Å²) in [4.78, 5) is 29.5. The molecule has 2 aliphatic rings. The maximum atomic E-state index is 12.9. The van der Waals surface area contributed by atoms with Crippen LogP contribution in [0.2, 0.25) is 0 Å². The molecule has 3 rings (SSSR count). The number of carbonyl (C=O) groups excluding carboxylic acids is 2. The number of hydrogen-bond donors (Lipinski definition) is 1. The predicted molar refractivity (Wildman–Crippen MR) is 114 cm³/mol. The number of amides is 2. The van der Waals surface area contributed by atoms with Crippen LogP contribution in [0.1, 0.15) is 64.4 Å². The molecule has 1 atom stereocenters. The SMILES string of the molecule is CC[C@H](C)N(Cc1cc(NC(=O)C2CCCC2)ccc1N(C)C)C(=O)C1CC1. The summed E-state index contributed by atoms with van der Waals surface area (Å²) >= 11 is 0. The van der Waals surface area contributed by atoms with Gasteiger partial charge in [-0.1, -0.05) is 19.8 Å². The van der Waals surface area contributed by atoms with Crippen molar-refractivity contribution in [3.05, 3.63) is 23.8 Å². The molecule has 1 aromatic rings. The third kappa shape index (κ3) is 4.86. The van der Waals surface area contributed by atoms with Gasteiger partial charge in [-0.25, -0.2) is 0 Å². The second kappa shape index (κ2) is 8.97. The van der Waals surface area contributed by atoms with Gasteiger partial charge in [0.1, 0.15) is 0 Å². The van der Waals surface area contributed by atoms with Crippen LogP contribution in [0.15, 0.2) is 18.2 Å². The zero-order valence-electron chi connectivity index (χ0n) is 17.8. The maximum Gasteiger partial charge on any atom is 0.227 e. The first-order valence-corrected chi connectivity index (χ1v) is 10.8. The van der Waals surface area contributed by atoms with Crippen molar-refractivity contribution in [2.75, 3.05) is 24.3 Å². The summed E-state index contributed by atoms with van der Waals surface area (Å²) in [6.07, 6.45) is 7.26. The number of rotatable bonds is 8. The zero-order chi connectivity index (χ0) is 20.3. The second-order valence-corrected chi connectivity index (χ2v) is 8.71. The molecule has 2 aliphatic carbocycles. The summed E-state index contributed by atoms with van der Waals surface area (Å²) in [5, 5.41) is 3.11. The lowest BCUT2D eigenvalue weighted by Gasteiger charge is -2.31. The topological polar surface area (TPSA) is 52.7 Å². The summed E-state index contributed by atoms with van der Waals surface area (Å²) in [6.45, 7) is 4.84. The molecular formula is C23H35N3O2. The molecule has 2 saturated carbocycles. The van der Waals surface area contributed by atoms with Crippen LogP contribution in [0.5, 0.6) is 0 Å². The van der Waals surface area contributed by atoms with Crippen molar-refractivity contribution < 1.29 is 9.59 Å². The molecule has 0 unspecified atom stereocenters. The van der Waals surface area contributed by atoms with E-state index in [4.69, 9.17) is 0 Å². The van der Waals surface area contributed by atoms with Crippen molar-refractivity contribution in [1.82, 2.24) is 4.90 Å². The average molecular weight is 386 g/mol. The molecule has 0 aromatic heterocycles. The number of nitrogens with one attached hydrogen (secondary N) is 1. The van der Waals surface area contributed by atoms with E-state index < -0.39 is 0 Å². The van der Waals surface area contributed by atoms with Gasteiger partial charge in [0.05, 0.1) is 0 Å². The van der Waals surface area contributed by atoms with Gasteiger partial charge >= 0.3 is 0 Å². The lowest BCUT2D eigenvalue weighted by atomic mass is 10.1. The summed E-state index contributed by atoms with van der Waals surface area (Å²) in [7, 11) is 4.04. The van der Waals surface area contributed by atoms with E-state index >= 15 is 0 Å². The van der Waals surface area contributed by atoms with E-state index in [2.05, 4.69) is 36.2 Å². The third-order valence-electron chi connectivity index (χ3n) is 6.23. The smallest absolute Gasteiger partial charge is 0.227 e. The highest BCUT2D eigenvalue weighted by atomic mass is 16.2. The normalized spacial score (nSPS) is 18.0. The number of benzene rings is 1. The highest BCUT2D eigenvalue weighted by molar-refractivity contribution is 5.93. The van der Waals surface area contributed by atoms with Crippen molar-refractivity contribution in [3.8, 4) is 0 Å². The van der Waals surface area contributed by atoms with Gasteiger partial charge < -0.3 is 15.1 Å². The fourth-order valence-electron chi connectivity index (χ4n) is 4.08. The molecule has 0 spiro atoms. The number of carbonyl (C=O) groups is 2. The molecule has 2 amide bonds. The van der Waals surface area contributed by atoms with Crippen LogP contribution in [0.25, 0.3) is 0 Å². The Morgan fingerprint density at radius 2 is 1.79 bits per heavy atom. The quantitative estimate of drug-likeness (QED) is 0.721. The van der Waals surface area contributed by atoms with Crippen LogP contribution in [0.4, 0.5) is 11.4 Å². The molecule has 1 N–H and O–H groups in total. The molecular weight excluding hydrogens is 350 g/mol. The average Bonchev–Trinajstić information content (AvgIpc) is 3.38. The molecule has 1 aromatic carbocycles. The van der Waals surface area contributed by atoms with Crippen molar-refractivity contribution in [1.29, 1.82) is 0 Å². The van der Waals surface area contributed by atoms with Crippen LogP contribution >= 0.6 is 0 Å². The van der Waals surface area contributed by atoms with E-state index in [0.717, 1.165) is 61.9 Å². The van der Waals surface area contributed by atoms with Crippen LogP contribution in [0, 0.1) is 11.8 Å². The predicted octanol–water partition coefficient (Wildman–Crippen LogP) is 4.42. The third-order valence-corrected chi connectivity index (χ3v) is 6.23. The van der Waals surface area contributed by atoms with Crippen LogP contribution in [-0.2, 0) is 16.1 Å². The molecule has 0 aliphatic heterocycles. The van der Waals surface area contributed by atoms with Crippen molar-refractivity contribution in [3.63, 3.8) is 0 Å². The van der Waals surface area contributed by atoms with Gasteiger partial charge in [-0.15, -0.1) is 0 Å². The number of nitrogens with zero attached hydrogens (tertiary/aromatic N) is 2. The Hall–Kier alpha value is -2.04. The van der Waals surface area contributed by atoms with E-state index in [9.17, 15) is 9.59 Å². The zero-order valence-corrected chi connectivity index (χ0v) is 17.8. The molecule has 0 radical (unpaired) electrons. The lowest BCUT2D eigenvalue weighted by molar-refractivity contribution is -0.135. The lowest BCUT2D eigenvalue weighted by Crippen LogP contribution is -2.39. The van der Waals surface area contributed by atoms with E-state index in [1.807, 2.05) is 25.1 Å². The Balaban J connectivity index is 1.81. The minimum Gasteiger partial charge on any atom is -0.377 e. The molecule has 5 heteroatoms. The fourth-order valence-corrected chi connectivity index (χ4v) is 4.08. The second-order valence-electron chi connectivity index (χ2n) is 8.71. The summed E-state index contributed by atoms with van der Waals surface area (Å²) in [6, 6.07) is 6.29. The van der Waals surface area contributed by atoms with Gasteiger partial charge in [0.15, 0.2) is 0 Å². The minimum atomic E-state index is 0.133. The summed E-state index contributed by atoms with van der Waals surface area (Å²) in [5.41, 5.74) is 3.01. The largest absolute Gasteiger partial charge is 0.377 e. The van der Waals surface area contributed by atoms with Gasteiger partial charge in [0, 0.05) is 49.9 Å². The first kappa shape index (κ1) is 20.7. The molecule has 28 heavy (non-hydrogen) atoms. The first-order chi connectivity index (χ1) is 13.4. The Bertz CT molecular complexity index is 706. The van der Waals surface area contributed by atoms with E-state index in [0.29, 0.717) is 6.54 Å². The molecule has 0 bridgehead atoms. The monoisotopic (exact) mass is 385 g/mol. The van der Waals surface area contributed by atoms with Gasteiger partial charge in [0.25, 0.3) is 0 Å². The van der Waals surface area contributed by atoms with Gasteiger partial charge in [-0.05, 0) is 62.8 Å². The maximum absolute atomic E-state index is 12.9. The molecule has 0 heterocycles. The van der Waals surface area contributed by atoms with Gasteiger partial charge in [-0.2, -0.15) is 0 Å². The fraction of sp³-hybridized carbons (Fsp3) is 0.652. The standard InChI is InChI=1S/C23H35N3O2/c1-5-16(2)26(23(28)18-10-11-18)15-19-14-20(12-13-21(19)25(3)4)24-22(27)17-8-6-7-9-17/h12-14,16-18H,5-11,15H2,1-4H3,(H,24,27)/t16-/m0/s1. The Morgan fingerprint density at radius 3 is 2.36 bits per heavy atom. The van der Waals surface area contributed by atoms with Crippen LogP contribution < -0.4 is 10.2 Å². The first-order valence-electron chi connectivity index (χ1n) is 10.8. The van der Waals surface area contributed by atoms with E-state index in [1.54, 1.807) is 0 Å². The molecule has 154 valence electrons. The number of hydrogen-bond acceptors (Lipinski definition) is 3. The molecule has 2 fully saturated rings. The van der Waals surface area contributed by atoms with Crippen molar-refractivity contribution >= 4 is 23.2 Å². The van der Waals surface area contributed by atoms with E-state index in [1.165, 1.54) is 0 Å². The highest BCUT2D eigenvalue weighted by Crippen LogP contribution is 2.34. The highest BCUT2D eigenvalue weighted by Gasteiger charge is 2.35. The minimum absolute atomic E-state index is 0.133. The number of anilines is 2. The summed E-state index contributed by atoms with van der Waals surface area (Å²) in [5.74, 6) is 0.764. The van der Waals surface area contributed by atoms with Crippen molar-refractivity contribution in [2.24, 2.45) is 11.8 Å². The Labute approximate surface area is 169 Å². The van der Waals surface area contributed by atoms with Gasteiger partial charge in [0.2, 0.25) is 11.8 Å². The van der Waals surface area contributed by atoms with Crippen LogP contribution in [0.3, 0.4) is 0 Å². The summed E-state index contributed by atoms with van der Waals surface area (Å²) < 4.78 is 0. The Morgan fingerprint density at radius 1 is 1.11 bits per heavy atom. The van der Waals surface area contributed by atoms with Crippen LogP contribution in [-0.4, -0.2) is 36.9 Å². The van der Waals surface area contributed by atoms with Crippen molar-refractivity contribution in [2.45, 2.75) is 71.4 Å².